The normalized spacial score (nSPS) is 11.2. The fourth-order valence-electron chi connectivity index (χ4n) is 1.68. The monoisotopic (exact) mass is 236 g/mol. The number of aromatic nitrogens is 2. The first kappa shape index (κ1) is 11.8. The fourth-order valence-corrected chi connectivity index (χ4v) is 1.68. The largest absolute Gasteiger partial charge is 0.235 e. The maximum absolute atomic E-state index is 13.6. The van der Waals surface area contributed by atoms with Crippen molar-refractivity contribution in [1.29, 1.82) is 0 Å². The molecular formula is C13H14F2N2. The standard InChI is InChI=1S/C13H14F2N2/c1-8(2)12-6-9(3)17(16-12)13-5-4-10(14)7-11(13)15/h4-8H,1-3H3. The minimum Gasteiger partial charge on any atom is -0.235 e. The minimum atomic E-state index is -0.605. The predicted octanol–water partition coefficient (Wildman–Crippen LogP) is 3.58. The molecule has 0 aliphatic carbocycles. The molecule has 0 unspecified atom stereocenters. The first-order valence-corrected chi connectivity index (χ1v) is 5.51. The fraction of sp³-hybridized carbons (Fsp3) is 0.308. The quantitative estimate of drug-likeness (QED) is 0.779. The first-order chi connectivity index (χ1) is 7.99. The zero-order valence-corrected chi connectivity index (χ0v) is 10.0. The third kappa shape index (κ3) is 2.20. The highest BCUT2D eigenvalue weighted by Crippen LogP contribution is 2.20. The molecule has 0 aliphatic heterocycles. The van der Waals surface area contributed by atoms with Crippen molar-refractivity contribution in [3.63, 3.8) is 0 Å². The van der Waals surface area contributed by atoms with Crippen LogP contribution in [0.1, 0.15) is 31.2 Å². The lowest BCUT2D eigenvalue weighted by Crippen LogP contribution is -2.03. The highest BCUT2D eigenvalue weighted by Gasteiger charge is 2.12. The molecule has 2 rings (SSSR count). The Kier molecular flexibility index (Phi) is 2.96. The number of halogens is 2. The van der Waals surface area contributed by atoms with Gasteiger partial charge >= 0.3 is 0 Å². The Hall–Kier alpha value is -1.71. The second kappa shape index (κ2) is 4.28. The SMILES string of the molecule is Cc1cc(C(C)C)nn1-c1ccc(F)cc1F. The topological polar surface area (TPSA) is 17.8 Å². The van der Waals surface area contributed by atoms with Gasteiger partial charge in [-0.25, -0.2) is 13.5 Å². The molecule has 0 spiro atoms. The average Bonchev–Trinajstić information content (AvgIpc) is 2.61. The molecule has 2 nitrogen and oxygen atoms in total. The van der Waals surface area contributed by atoms with Crippen LogP contribution in [0.3, 0.4) is 0 Å². The molecule has 1 aromatic carbocycles. The van der Waals surface area contributed by atoms with Crippen LogP contribution in [0.4, 0.5) is 8.78 Å². The van der Waals surface area contributed by atoms with Crippen molar-refractivity contribution in [3.8, 4) is 5.69 Å². The summed E-state index contributed by atoms with van der Waals surface area (Å²) in [6.45, 7) is 5.89. The zero-order chi connectivity index (χ0) is 12.6. The van der Waals surface area contributed by atoms with Crippen LogP contribution < -0.4 is 0 Å². The lowest BCUT2D eigenvalue weighted by molar-refractivity contribution is 0.571. The van der Waals surface area contributed by atoms with Crippen LogP contribution >= 0.6 is 0 Å². The number of benzene rings is 1. The summed E-state index contributed by atoms with van der Waals surface area (Å²) in [5.74, 6) is -0.912. The molecule has 0 fully saturated rings. The van der Waals surface area contributed by atoms with E-state index in [1.54, 1.807) is 0 Å². The average molecular weight is 236 g/mol. The van der Waals surface area contributed by atoms with E-state index in [0.29, 0.717) is 0 Å². The summed E-state index contributed by atoms with van der Waals surface area (Å²) in [6, 6.07) is 5.41. The van der Waals surface area contributed by atoms with Crippen LogP contribution in [0.5, 0.6) is 0 Å². The molecule has 1 aromatic heterocycles. The third-order valence-corrected chi connectivity index (χ3v) is 2.64. The maximum atomic E-state index is 13.6. The van der Waals surface area contributed by atoms with Crippen LogP contribution in [0.15, 0.2) is 24.3 Å². The van der Waals surface area contributed by atoms with E-state index in [9.17, 15) is 8.78 Å². The van der Waals surface area contributed by atoms with E-state index in [2.05, 4.69) is 5.10 Å². The molecule has 0 saturated heterocycles. The molecule has 0 N–H and O–H groups in total. The molecular weight excluding hydrogens is 222 g/mol. The molecule has 2 aromatic rings. The van der Waals surface area contributed by atoms with Crippen LogP contribution in [0.2, 0.25) is 0 Å². The van der Waals surface area contributed by atoms with Gasteiger partial charge in [0.25, 0.3) is 0 Å². The van der Waals surface area contributed by atoms with E-state index in [1.807, 2.05) is 26.8 Å². The van der Waals surface area contributed by atoms with Crippen molar-refractivity contribution in [2.24, 2.45) is 0 Å². The van der Waals surface area contributed by atoms with Gasteiger partial charge in [-0.3, -0.25) is 0 Å². The number of rotatable bonds is 2. The van der Waals surface area contributed by atoms with Gasteiger partial charge in [-0.05, 0) is 31.0 Å². The lowest BCUT2D eigenvalue weighted by atomic mass is 10.1. The van der Waals surface area contributed by atoms with Gasteiger partial charge < -0.3 is 0 Å². The van der Waals surface area contributed by atoms with Gasteiger partial charge in [0.05, 0.1) is 5.69 Å². The molecule has 1 heterocycles. The Balaban J connectivity index is 2.52. The summed E-state index contributed by atoms with van der Waals surface area (Å²) in [4.78, 5) is 0. The van der Waals surface area contributed by atoms with Crippen molar-refractivity contribution in [2.75, 3.05) is 0 Å². The van der Waals surface area contributed by atoms with Gasteiger partial charge in [-0.2, -0.15) is 5.10 Å². The van der Waals surface area contributed by atoms with Crippen molar-refractivity contribution in [1.82, 2.24) is 9.78 Å². The Morgan fingerprint density at radius 1 is 1.18 bits per heavy atom. The maximum Gasteiger partial charge on any atom is 0.151 e. The Bertz CT molecular complexity index is 544. The minimum absolute atomic E-state index is 0.274. The molecule has 0 radical (unpaired) electrons. The summed E-state index contributed by atoms with van der Waals surface area (Å²) in [5, 5.41) is 4.32. The highest BCUT2D eigenvalue weighted by atomic mass is 19.1. The van der Waals surface area contributed by atoms with E-state index in [0.717, 1.165) is 17.5 Å². The van der Waals surface area contributed by atoms with E-state index in [4.69, 9.17) is 0 Å². The van der Waals surface area contributed by atoms with Crippen molar-refractivity contribution >= 4 is 0 Å². The van der Waals surface area contributed by atoms with Gasteiger partial charge in [0.1, 0.15) is 11.5 Å². The molecule has 17 heavy (non-hydrogen) atoms. The van der Waals surface area contributed by atoms with Crippen LogP contribution in [-0.4, -0.2) is 9.78 Å². The smallest absolute Gasteiger partial charge is 0.151 e. The summed E-state index contributed by atoms with van der Waals surface area (Å²) in [5.41, 5.74) is 2.00. The van der Waals surface area contributed by atoms with Crippen molar-refractivity contribution in [2.45, 2.75) is 26.7 Å². The van der Waals surface area contributed by atoms with Gasteiger partial charge in [0.15, 0.2) is 5.82 Å². The first-order valence-electron chi connectivity index (χ1n) is 5.51. The summed E-state index contributed by atoms with van der Waals surface area (Å²) < 4.78 is 28.0. The molecule has 0 saturated carbocycles. The second-order valence-electron chi connectivity index (χ2n) is 4.37. The molecule has 90 valence electrons. The second-order valence-corrected chi connectivity index (χ2v) is 4.37. The number of hydrogen-bond donors (Lipinski definition) is 0. The Morgan fingerprint density at radius 3 is 2.41 bits per heavy atom. The highest BCUT2D eigenvalue weighted by molar-refractivity contribution is 5.35. The zero-order valence-electron chi connectivity index (χ0n) is 10.0. The van der Waals surface area contributed by atoms with E-state index in [1.165, 1.54) is 16.8 Å². The summed E-state index contributed by atoms with van der Waals surface area (Å²) >= 11 is 0. The molecule has 4 heteroatoms. The predicted molar refractivity (Wildman–Crippen MR) is 62.3 cm³/mol. The van der Waals surface area contributed by atoms with Gasteiger partial charge in [-0.1, -0.05) is 13.8 Å². The molecule has 0 aliphatic rings. The third-order valence-electron chi connectivity index (χ3n) is 2.64. The van der Waals surface area contributed by atoms with E-state index >= 15 is 0 Å². The number of aryl methyl sites for hydroxylation is 1. The number of hydrogen-bond acceptors (Lipinski definition) is 1. The molecule has 0 bridgehead atoms. The van der Waals surface area contributed by atoms with Crippen LogP contribution in [-0.2, 0) is 0 Å². The number of nitrogens with zero attached hydrogens (tertiary/aromatic N) is 2. The van der Waals surface area contributed by atoms with E-state index < -0.39 is 11.6 Å². The van der Waals surface area contributed by atoms with Crippen LogP contribution in [0, 0.1) is 18.6 Å². The lowest BCUT2D eigenvalue weighted by Gasteiger charge is -2.05. The van der Waals surface area contributed by atoms with Crippen molar-refractivity contribution in [3.05, 3.63) is 47.3 Å². The summed E-state index contributed by atoms with van der Waals surface area (Å²) in [7, 11) is 0. The molecule has 0 amide bonds. The van der Waals surface area contributed by atoms with E-state index in [-0.39, 0.29) is 11.6 Å². The Labute approximate surface area is 98.9 Å². The molecule has 0 atom stereocenters. The summed E-state index contributed by atoms with van der Waals surface area (Å²) in [6.07, 6.45) is 0. The van der Waals surface area contributed by atoms with Gasteiger partial charge in [0, 0.05) is 11.8 Å². The Morgan fingerprint density at radius 2 is 1.88 bits per heavy atom. The van der Waals surface area contributed by atoms with Gasteiger partial charge in [0.2, 0.25) is 0 Å². The van der Waals surface area contributed by atoms with Gasteiger partial charge in [-0.15, -0.1) is 0 Å². The van der Waals surface area contributed by atoms with Crippen LogP contribution in [0.25, 0.3) is 5.69 Å². The van der Waals surface area contributed by atoms with Crippen molar-refractivity contribution < 1.29 is 8.78 Å².